The van der Waals surface area contributed by atoms with E-state index in [4.69, 9.17) is 4.42 Å². The lowest BCUT2D eigenvalue weighted by atomic mass is 10.1. The maximum atomic E-state index is 12.1. The van der Waals surface area contributed by atoms with Gasteiger partial charge in [-0.25, -0.2) is 0 Å². The summed E-state index contributed by atoms with van der Waals surface area (Å²) in [6, 6.07) is 17.2. The second-order valence-electron chi connectivity index (χ2n) is 5.54. The molecule has 0 unspecified atom stereocenters. The first-order chi connectivity index (χ1) is 11.6. The Morgan fingerprint density at radius 3 is 2.67 bits per heavy atom. The number of anilines is 1. The molecule has 0 bridgehead atoms. The van der Waals surface area contributed by atoms with E-state index in [0.717, 1.165) is 16.6 Å². The molecule has 0 aliphatic carbocycles. The molecule has 4 heteroatoms. The molecule has 3 rings (SSSR count). The third-order valence-corrected chi connectivity index (χ3v) is 3.60. The SMILES string of the molecule is CN(C)c1ccccc1C#CCNC(=O)c1cc2ccccc2o1. The normalized spacial score (nSPS) is 10.1. The highest BCUT2D eigenvalue weighted by molar-refractivity contribution is 5.96. The highest BCUT2D eigenvalue weighted by Gasteiger charge is 2.10. The fourth-order valence-electron chi connectivity index (χ4n) is 2.41. The summed E-state index contributed by atoms with van der Waals surface area (Å²) in [6.07, 6.45) is 0. The Morgan fingerprint density at radius 1 is 1.12 bits per heavy atom. The maximum Gasteiger partial charge on any atom is 0.287 e. The van der Waals surface area contributed by atoms with Crippen LogP contribution < -0.4 is 10.2 Å². The minimum Gasteiger partial charge on any atom is -0.451 e. The summed E-state index contributed by atoms with van der Waals surface area (Å²) in [5, 5.41) is 3.67. The summed E-state index contributed by atoms with van der Waals surface area (Å²) >= 11 is 0. The topological polar surface area (TPSA) is 45.5 Å². The maximum absolute atomic E-state index is 12.1. The van der Waals surface area contributed by atoms with Crippen molar-refractivity contribution in [1.29, 1.82) is 0 Å². The molecule has 24 heavy (non-hydrogen) atoms. The number of carbonyl (C=O) groups excluding carboxylic acids is 1. The quantitative estimate of drug-likeness (QED) is 0.754. The predicted octanol–water partition coefficient (Wildman–Crippen LogP) is 3.28. The van der Waals surface area contributed by atoms with Crippen LogP contribution in [0.3, 0.4) is 0 Å². The van der Waals surface area contributed by atoms with Crippen LogP contribution in [0.5, 0.6) is 0 Å². The summed E-state index contributed by atoms with van der Waals surface area (Å²) < 4.78 is 5.53. The Balaban J connectivity index is 1.66. The van der Waals surface area contributed by atoms with Crippen LogP contribution in [0, 0.1) is 11.8 Å². The van der Waals surface area contributed by atoms with E-state index < -0.39 is 0 Å². The van der Waals surface area contributed by atoms with E-state index in [9.17, 15) is 4.79 Å². The second kappa shape index (κ2) is 6.93. The van der Waals surface area contributed by atoms with Crippen LogP contribution in [-0.2, 0) is 0 Å². The van der Waals surface area contributed by atoms with Gasteiger partial charge in [0, 0.05) is 25.0 Å². The highest BCUT2D eigenvalue weighted by Crippen LogP contribution is 2.18. The summed E-state index contributed by atoms with van der Waals surface area (Å²) in [6.45, 7) is 0.262. The van der Waals surface area contributed by atoms with Crippen molar-refractivity contribution < 1.29 is 9.21 Å². The molecule has 0 spiro atoms. The number of furan rings is 1. The van der Waals surface area contributed by atoms with Crippen molar-refractivity contribution in [3.05, 3.63) is 65.9 Å². The van der Waals surface area contributed by atoms with Gasteiger partial charge in [0.1, 0.15) is 5.58 Å². The number of nitrogens with zero attached hydrogens (tertiary/aromatic N) is 1. The summed E-state index contributed by atoms with van der Waals surface area (Å²) in [4.78, 5) is 14.1. The summed E-state index contributed by atoms with van der Waals surface area (Å²) in [5.41, 5.74) is 2.68. The molecule has 1 aromatic heterocycles. The van der Waals surface area contributed by atoms with Gasteiger partial charge in [-0.1, -0.05) is 42.2 Å². The van der Waals surface area contributed by atoms with Crippen molar-refractivity contribution >= 4 is 22.6 Å². The molecular weight excluding hydrogens is 300 g/mol. The van der Waals surface area contributed by atoms with Gasteiger partial charge in [0.05, 0.1) is 12.2 Å². The van der Waals surface area contributed by atoms with E-state index in [0.29, 0.717) is 11.3 Å². The van der Waals surface area contributed by atoms with Crippen LogP contribution in [0.2, 0.25) is 0 Å². The number of benzene rings is 2. The van der Waals surface area contributed by atoms with Crippen molar-refractivity contribution in [3.63, 3.8) is 0 Å². The van der Waals surface area contributed by atoms with Gasteiger partial charge in [-0.15, -0.1) is 0 Å². The number of fused-ring (bicyclic) bond motifs is 1. The monoisotopic (exact) mass is 318 g/mol. The lowest BCUT2D eigenvalue weighted by molar-refractivity contribution is 0.0933. The van der Waals surface area contributed by atoms with Gasteiger partial charge in [0.15, 0.2) is 5.76 Å². The molecule has 1 heterocycles. The molecule has 0 saturated heterocycles. The molecule has 0 fully saturated rings. The van der Waals surface area contributed by atoms with Gasteiger partial charge in [0.25, 0.3) is 5.91 Å². The van der Waals surface area contributed by atoms with Gasteiger partial charge in [0.2, 0.25) is 0 Å². The molecule has 2 aromatic carbocycles. The highest BCUT2D eigenvalue weighted by atomic mass is 16.3. The Hall–Kier alpha value is -3.19. The Labute approximate surface area is 141 Å². The number of carbonyl (C=O) groups is 1. The number of amides is 1. The first-order valence-corrected chi connectivity index (χ1v) is 7.67. The van der Waals surface area contributed by atoms with E-state index in [-0.39, 0.29) is 12.5 Å². The third-order valence-electron chi connectivity index (χ3n) is 3.60. The number of para-hydroxylation sites is 2. The van der Waals surface area contributed by atoms with Crippen molar-refractivity contribution in [2.75, 3.05) is 25.5 Å². The van der Waals surface area contributed by atoms with Gasteiger partial charge < -0.3 is 14.6 Å². The van der Waals surface area contributed by atoms with Crippen LogP contribution in [-0.4, -0.2) is 26.5 Å². The fraction of sp³-hybridized carbons (Fsp3) is 0.150. The molecule has 4 nitrogen and oxygen atoms in total. The summed E-state index contributed by atoms with van der Waals surface area (Å²) in [5.74, 6) is 6.11. The first kappa shape index (κ1) is 15.7. The molecule has 0 atom stereocenters. The van der Waals surface area contributed by atoms with Gasteiger partial charge in [-0.2, -0.15) is 0 Å². The van der Waals surface area contributed by atoms with Gasteiger partial charge in [-0.05, 0) is 24.3 Å². The number of nitrogens with one attached hydrogen (secondary N) is 1. The molecule has 3 aromatic rings. The van der Waals surface area contributed by atoms with E-state index in [1.54, 1.807) is 6.07 Å². The van der Waals surface area contributed by atoms with Crippen LogP contribution in [0.15, 0.2) is 59.0 Å². The zero-order chi connectivity index (χ0) is 16.9. The van der Waals surface area contributed by atoms with Crippen LogP contribution in [0.1, 0.15) is 16.1 Å². The van der Waals surface area contributed by atoms with E-state index >= 15 is 0 Å². The minimum atomic E-state index is -0.263. The van der Waals surface area contributed by atoms with Gasteiger partial charge in [-0.3, -0.25) is 4.79 Å². The smallest absolute Gasteiger partial charge is 0.287 e. The minimum absolute atomic E-state index is 0.262. The number of rotatable bonds is 3. The number of hydrogen-bond donors (Lipinski definition) is 1. The second-order valence-corrected chi connectivity index (χ2v) is 5.54. The lowest BCUT2D eigenvalue weighted by Gasteiger charge is -2.13. The van der Waals surface area contributed by atoms with Crippen LogP contribution >= 0.6 is 0 Å². The Kier molecular flexibility index (Phi) is 4.53. The van der Waals surface area contributed by atoms with E-state index in [1.807, 2.05) is 67.5 Å². The van der Waals surface area contributed by atoms with Crippen LogP contribution in [0.25, 0.3) is 11.0 Å². The average Bonchev–Trinajstić information content (AvgIpc) is 3.03. The van der Waals surface area contributed by atoms with Gasteiger partial charge >= 0.3 is 0 Å². The molecule has 120 valence electrons. The third kappa shape index (κ3) is 3.41. The zero-order valence-corrected chi connectivity index (χ0v) is 13.7. The first-order valence-electron chi connectivity index (χ1n) is 7.67. The molecule has 1 amide bonds. The van der Waals surface area contributed by atoms with E-state index in [1.165, 1.54) is 0 Å². The fourth-order valence-corrected chi connectivity index (χ4v) is 2.41. The Bertz CT molecular complexity index is 896. The zero-order valence-electron chi connectivity index (χ0n) is 13.7. The van der Waals surface area contributed by atoms with Crippen LogP contribution in [0.4, 0.5) is 5.69 Å². The predicted molar refractivity (Wildman–Crippen MR) is 96.2 cm³/mol. The average molecular weight is 318 g/mol. The largest absolute Gasteiger partial charge is 0.451 e. The van der Waals surface area contributed by atoms with E-state index in [2.05, 4.69) is 17.2 Å². The molecule has 0 saturated carbocycles. The standard InChI is InChI=1S/C20H18N2O2/c1-22(2)17-11-5-3-8-15(17)10-7-13-21-20(23)19-14-16-9-4-6-12-18(16)24-19/h3-6,8-9,11-12,14H,13H2,1-2H3,(H,21,23). The van der Waals surface area contributed by atoms with Crippen molar-refractivity contribution in [2.24, 2.45) is 0 Å². The molecular formula is C20H18N2O2. The lowest BCUT2D eigenvalue weighted by Crippen LogP contribution is -2.23. The summed E-state index contributed by atoms with van der Waals surface area (Å²) in [7, 11) is 3.95. The Morgan fingerprint density at radius 2 is 1.88 bits per heavy atom. The van der Waals surface area contributed by atoms with Crippen molar-refractivity contribution in [1.82, 2.24) is 5.32 Å². The number of hydrogen-bond acceptors (Lipinski definition) is 3. The molecule has 0 aliphatic rings. The molecule has 1 N–H and O–H groups in total. The molecule has 0 radical (unpaired) electrons. The molecule has 0 aliphatic heterocycles. The van der Waals surface area contributed by atoms with Crippen molar-refractivity contribution in [3.8, 4) is 11.8 Å². The van der Waals surface area contributed by atoms with Crippen molar-refractivity contribution in [2.45, 2.75) is 0 Å².